The van der Waals surface area contributed by atoms with E-state index in [0.717, 1.165) is 34.8 Å². The molecule has 0 spiro atoms. The molecule has 4 rings (SSSR count). The molecular weight excluding hydrogens is 368 g/mol. The Labute approximate surface area is 169 Å². The van der Waals surface area contributed by atoms with Crippen LogP contribution in [0.1, 0.15) is 36.4 Å². The number of thioether (sulfide) groups is 1. The fourth-order valence-electron chi connectivity index (χ4n) is 3.73. The standard InChI is InChI=1S/C22H22N4OS/c1-5-16-8-6-7-9-19(16)25-13(2)10-17(15(25)4)11-18-20(23)26-14(3)12-28-22(26)24-21(18)27/h6-12,23H,5H2,1-4H3/b18-11-,23-20?. The first kappa shape index (κ1) is 18.5. The highest BCUT2D eigenvalue weighted by Crippen LogP contribution is 2.33. The molecule has 1 amide bonds. The SMILES string of the molecule is CCc1ccccc1-n1c(C)cc(/C=C2/C(=N)N3C(C)=CSC3=NC2=O)c1C. The zero-order valence-electron chi connectivity index (χ0n) is 16.4. The van der Waals surface area contributed by atoms with E-state index in [9.17, 15) is 4.79 Å². The molecule has 1 aromatic carbocycles. The van der Waals surface area contributed by atoms with Crippen molar-refractivity contribution in [3.63, 3.8) is 0 Å². The molecule has 0 saturated heterocycles. The predicted molar refractivity (Wildman–Crippen MR) is 116 cm³/mol. The van der Waals surface area contributed by atoms with E-state index in [-0.39, 0.29) is 11.7 Å². The normalized spacial score (nSPS) is 17.9. The molecule has 1 N–H and O–H groups in total. The van der Waals surface area contributed by atoms with Crippen molar-refractivity contribution in [2.75, 3.05) is 0 Å². The maximum atomic E-state index is 12.6. The molecule has 2 aromatic rings. The summed E-state index contributed by atoms with van der Waals surface area (Å²) in [6.07, 6.45) is 2.75. The van der Waals surface area contributed by atoms with Crippen LogP contribution in [0.2, 0.25) is 0 Å². The van der Waals surface area contributed by atoms with E-state index in [0.29, 0.717) is 10.7 Å². The number of benzene rings is 1. The van der Waals surface area contributed by atoms with E-state index in [4.69, 9.17) is 5.41 Å². The van der Waals surface area contributed by atoms with Crippen molar-refractivity contribution in [3.8, 4) is 5.69 Å². The molecule has 2 aliphatic rings. The van der Waals surface area contributed by atoms with Crippen molar-refractivity contribution in [2.45, 2.75) is 34.1 Å². The molecule has 2 aliphatic heterocycles. The van der Waals surface area contributed by atoms with Gasteiger partial charge < -0.3 is 4.57 Å². The summed E-state index contributed by atoms with van der Waals surface area (Å²) in [6.45, 7) is 8.19. The van der Waals surface area contributed by atoms with Crippen LogP contribution in [0.3, 0.4) is 0 Å². The van der Waals surface area contributed by atoms with Crippen LogP contribution >= 0.6 is 11.8 Å². The zero-order valence-corrected chi connectivity index (χ0v) is 17.2. The maximum absolute atomic E-state index is 12.6. The fourth-order valence-corrected chi connectivity index (χ4v) is 4.59. The van der Waals surface area contributed by atoms with Gasteiger partial charge >= 0.3 is 0 Å². The number of aliphatic imine (C=N–C) groups is 1. The number of para-hydroxylation sites is 1. The third-order valence-corrected chi connectivity index (χ3v) is 6.11. The van der Waals surface area contributed by atoms with Gasteiger partial charge in [0.1, 0.15) is 5.84 Å². The van der Waals surface area contributed by atoms with Crippen molar-refractivity contribution >= 4 is 34.7 Å². The summed E-state index contributed by atoms with van der Waals surface area (Å²) < 4.78 is 2.22. The zero-order chi connectivity index (χ0) is 20.0. The Bertz CT molecular complexity index is 1100. The number of aromatic nitrogens is 1. The van der Waals surface area contributed by atoms with Crippen LogP contribution in [0.15, 0.2) is 52.0 Å². The number of aryl methyl sites for hydroxylation is 2. The van der Waals surface area contributed by atoms with Gasteiger partial charge in [-0.05, 0) is 61.9 Å². The number of hydrogen-bond acceptors (Lipinski definition) is 3. The third-order valence-electron chi connectivity index (χ3n) is 5.17. The van der Waals surface area contributed by atoms with Gasteiger partial charge in [-0.1, -0.05) is 36.9 Å². The quantitative estimate of drug-likeness (QED) is 0.764. The predicted octanol–water partition coefficient (Wildman–Crippen LogP) is 4.82. The molecule has 1 aromatic heterocycles. The minimum absolute atomic E-state index is 0.188. The van der Waals surface area contributed by atoms with Crippen molar-refractivity contribution in [3.05, 3.63) is 69.5 Å². The largest absolute Gasteiger partial charge is 0.318 e. The van der Waals surface area contributed by atoms with Crippen LogP contribution in [0.5, 0.6) is 0 Å². The number of carbonyl (C=O) groups is 1. The number of amidine groups is 2. The molecule has 3 heterocycles. The summed E-state index contributed by atoms with van der Waals surface area (Å²) >= 11 is 1.38. The Morgan fingerprint density at radius 2 is 1.96 bits per heavy atom. The number of nitrogens with one attached hydrogen (secondary N) is 1. The van der Waals surface area contributed by atoms with Crippen LogP contribution in [-0.2, 0) is 11.2 Å². The van der Waals surface area contributed by atoms with Crippen molar-refractivity contribution in [2.24, 2.45) is 4.99 Å². The highest BCUT2D eigenvalue weighted by atomic mass is 32.2. The van der Waals surface area contributed by atoms with Crippen LogP contribution in [-0.4, -0.2) is 26.4 Å². The number of allylic oxidation sites excluding steroid dienone is 1. The van der Waals surface area contributed by atoms with Gasteiger partial charge in [0.05, 0.1) is 5.57 Å². The Kier molecular flexibility index (Phi) is 4.59. The molecule has 28 heavy (non-hydrogen) atoms. The average molecular weight is 391 g/mol. The van der Waals surface area contributed by atoms with Crippen LogP contribution in [0.25, 0.3) is 11.8 Å². The van der Waals surface area contributed by atoms with Gasteiger partial charge in [-0.15, -0.1) is 0 Å². The van der Waals surface area contributed by atoms with E-state index >= 15 is 0 Å². The van der Waals surface area contributed by atoms with E-state index in [1.807, 2.05) is 25.3 Å². The lowest BCUT2D eigenvalue weighted by Crippen LogP contribution is -2.37. The molecule has 0 aliphatic carbocycles. The van der Waals surface area contributed by atoms with Crippen LogP contribution in [0, 0.1) is 19.3 Å². The minimum Gasteiger partial charge on any atom is -0.318 e. The molecule has 5 nitrogen and oxygen atoms in total. The Morgan fingerprint density at radius 1 is 1.21 bits per heavy atom. The summed E-state index contributed by atoms with van der Waals surface area (Å²) in [5, 5.41) is 11.0. The van der Waals surface area contributed by atoms with E-state index in [1.54, 1.807) is 11.0 Å². The number of fused-ring (bicyclic) bond motifs is 1. The van der Waals surface area contributed by atoms with Crippen molar-refractivity contribution < 1.29 is 4.79 Å². The maximum Gasteiger partial charge on any atom is 0.283 e. The lowest BCUT2D eigenvalue weighted by Gasteiger charge is -2.25. The fraction of sp³-hybridized carbons (Fsp3) is 0.227. The molecule has 6 heteroatoms. The van der Waals surface area contributed by atoms with Crippen LogP contribution < -0.4 is 0 Å². The Morgan fingerprint density at radius 3 is 2.71 bits per heavy atom. The van der Waals surface area contributed by atoms with Gasteiger partial charge in [0, 0.05) is 22.8 Å². The molecule has 0 radical (unpaired) electrons. The highest BCUT2D eigenvalue weighted by Gasteiger charge is 2.34. The summed E-state index contributed by atoms with van der Waals surface area (Å²) in [5.74, 6) is -0.168. The molecule has 0 saturated carbocycles. The summed E-state index contributed by atoms with van der Waals surface area (Å²) in [6, 6.07) is 10.4. The number of hydrogen-bond donors (Lipinski definition) is 1. The minimum atomic E-state index is -0.356. The number of nitrogens with zero attached hydrogens (tertiary/aromatic N) is 3. The lowest BCUT2D eigenvalue weighted by atomic mass is 10.1. The molecular formula is C22H22N4OS. The second-order valence-electron chi connectivity index (χ2n) is 6.96. The number of rotatable bonds is 3. The summed E-state index contributed by atoms with van der Waals surface area (Å²) in [5.41, 5.74) is 6.74. The highest BCUT2D eigenvalue weighted by molar-refractivity contribution is 8.16. The summed E-state index contributed by atoms with van der Waals surface area (Å²) in [4.78, 5) is 18.5. The lowest BCUT2D eigenvalue weighted by molar-refractivity contribution is -0.114. The first-order chi connectivity index (χ1) is 13.4. The first-order valence-electron chi connectivity index (χ1n) is 9.26. The van der Waals surface area contributed by atoms with E-state index in [1.165, 1.54) is 17.3 Å². The van der Waals surface area contributed by atoms with Crippen molar-refractivity contribution in [1.29, 1.82) is 5.41 Å². The average Bonchev–Trinajstić information content (AvgIpc) is 3.17. The topological polar surface area (TPSA) is 61.5 Å². The Balaban J connectivity index is 1.81. The number of carbonyl (C=O) groups excluding carboxylic acids is 1. The van der Waals surface area contributed by atoms with Gasteiger partial charge in [-0.25, -0.2) is 0 Å². The molecule has 0 unspecified atom stereocenters. The molecule has 0 atom stereocenters. The molecule has 0 bridgehead atoms. The number of amides is 1. The molecule has 0 fully saturated rings. The van der Waals surface area contributed by atoms with Crippen LogP contribution in [0.4, 0.5) is 0 Å². The van der Waals surface area contributed by atoms with Gasteiger partial charge in [0.25, 0.3) is 5.91 Å². The van der Waals surface area contributed by atoms with E-state index < -0.39 is 0 Å². The van der Waals surface area contributed by atoms with Crippen molar-refractivity contribution in [1.82, 2.24) is 9.47 Å². The Hall–Kier alpha value is -2.86. The van der Waals surface area contributed by atoms with Gasteiger partial charge in [0.15, 0.2) is 5.17 Å². The monoisotopic (exact) mass is 390 g/mol. The second-order valence-corrected chi connectivity index (χ2v) is 7.80. The van der Waals surface area contributed by atoms with E-state index in [2.05, 4.69) is 47.7 Å². The van der Waals surface area contributed by atoms with Gasteiger partial charge in [-0.2, -0.15) is 4.99 Å². The second kappa shape index (κ2) is 6.95. The summed E-state index contributed by atoms with van der Waals surface area (Å²) in [7, 11) is 0. The smallest absolute Gasteiger partial charge is 0.283 e. The van der Waals surface area contributed by atoms with Gasteiger partial charge in [0.2, 0.25) is 0 Å². The van der Waals surface area contributed by atoms with Gasteiger partial charge in [-0.3, -0.25) is 15.1 Å². The third kappa shape index (κ3) is 2.85. The first-order valence-corrected chi connectivity index (χ1v) is 10.1. The molecule has 142 valence electrons.